The highest BCUT2D eigenvalue weighted by atomic mass is 16.5. The summed E-state index contributed by atoms with van der Waals surface area (Å²) in [4.78, 5) is 32.8. The van der Waals surface area contributed by atoms with Gasteiger partial charge in [-0.15, -0.1) is 0 Å². The molecule has 2 fully saturated rings. The summed E-state index contributed by atoms with van der Waals surface area (Å²) in [6.07, 6.45) is 4.01. The zero-order valence-corrected chi connectivity index (χ0v) is 20.6. The van der Waals surface area contributed by atoms with Crippen molar-refractivity contribution >= 4 is 11.9 Å². The number of benzene rings is 1. The largest absolute Gasteiger partial charge is 0.497 e. The first-order valence-corrected chi connectivity index (χ1v) is 11.8. The highest BCUT2D eigenvalue weighted by molar-refractivity contribution is 6.07. The van der Waals surface area contributed by atoms with E-state index in [9.17, 15) is 9.59 Å². The number of rotatable bonds is 9. The normalized spacial score (nSPS) is 18.4. The van der Waals surface area contributed by atoms with Crippen LogP contribution in [0.15, 0.2) is 30.5 Å². The number of imide groups is 1. The maximum Gasteiger partial charge on any atom is 0.327 e. The number of piperidine rings is 1. The van der Waals surface area contributed by atoms with Crippen LogP contribution in [-0.2, 0) is 29.7 Å². The summed E-state index contributed by atoms with van der Waals surface area (Å²) in [5.74, 6) is 0.666. The summed E-state index contributed by atoms with van der Waals surface area (Å²) in [6.45, 7) is 5.67. The summed E-state index contributed by atoms with van der Waals surface area (Å²) >= 11 is 0. The summed E-state index contributed by atoms with van der Waals surface area (Å²) in [6, 6.07) is 7.31. The van der Waals surface area contributed by atoms with Crippen LogP contribution in [0.25, 0.3) is 0 Å². The van der Waals surface area contributed by atoms with E-state index in [4.69, 9.17) is 9.47 Å². The minimum absolute atomic E-state index is 0.0806. The number of likely N-dealkylation sites (tertiary alicyclic amines) is 1. The quantitative estimate of drug-likeness (QED) is 0.415. The van der Waals surface area contributed by atoms with Gasteiger partial charge in [0.1, 0.15) is 11.3 Å². The molecule has 2 aliphatic rings. The number of hydrogen-bond donors (Lipinski definition) is 0. The molecule has 0 atom stereocenters. The molecular weight excluding hydrogens is 434 g/mol. The fourth-order valence-electron chi connectivity index (χ4n) is 5.12. The Kier molecular flexibility index (Phi) is 7.23. The van der Waals surface area contributed by atoms with Crippen LogP contribution in [0.5, 0.6) is 5.75 Å². The Morgan fingerprint density at radius 1 is 1.06 bits per heavy atom. The second kappa shape index (κ2) is 10.1. The first kappa shape index (κ1) is 24.2. The van der Waals surface area contributed by atoms with E-state index < -0.39 is 5.54 Å². The van der Waals surface area contributed by atoms with Crippen molar-refractivity contribution in [3.05, 3.63) is 47.3 Å². The number of carbonyl (C=O) groups is 2. The number of urea groups is 1. The lowest BCUT2D eigenvalue weighted by Crippen LogP contribution is -2.56. The molecule has 0 saturated carbocycles. The molecule has 0 radical (unpaired) electrons. The fourth-order valence-corrected chi connectivity index (χ4v) is 5.12. The average Bonchev–Trinajstić information content (AvgIpc) is 3.25. The lowest BCUT2D eigenvalue weighted by Gasteiger charge is -2.42. The zero-order chi connectivity index (χ0) is 24.3. The van der Waals surface area contributed by atoms with E-state index in [0.717, 1.165) is 36.6 Å². The average molecular weight is 470 g/mol. The monoisotopic (exact) mass is 469 g/mol. The molecule has 34 heavy (non-hydrogen) atoms. The van der Waals surface area contributed by atoms with Gasteiger partial charge < -0.3 is 14.4 Å². The Morgan fingerprint density at radius 2 is 1.76 bits per heavy atom. The highest BCUT2D eigenvalue weighted by Gasteiger charge is 2.57. The standard InChI is InChI=1S/C25H35N5O4/c1-19-21(17-27(2)26-19)18-28-13-10-25(11-14-28)23(31)29(24(32)30(25)12-5-15-33-3)16-20-6-8-22(34-4)9-7-20/h6-9,17H,5,10-16,18H2,1-4H3. The molecule has 9 heteroatoms. The summed E-state index contributed by atoms with van der Waals surface area (Å²) < 4.78 is 12.3. The van der Waals surface area contributed by atoms with Crippen molar-refractivity contribution in [2.75, 3.05) is 40.5 Å². The van der Waals surface area contributed by atoms with Crippen LogP contribution in [0.2, 0.25) is 0 Å². The van der Waals surface area contributed by atoms with Crippen LogP contribution in [0.3, 0.4) is 0 Å². The van der Waals surface area contributed by atoms with Crippen LogP contribution in [0.1, 0.15) is 36.1 Å². The topological polar surface area (TPSA) is 80.1 Å². The van der Waals surface area contributed by atoms with Crippen molar-refractivity contribution in [1.82, 2.24) is 24.5 Å². The van der Waals surface area contributed by atoms with E-state index in [0.29, 0.717) is 32.4 Å². The van der Waals surface area contributed by atoms with E-state index in [1.807, 2.05) is 47.8 Å². The lowest BCUT2D eigenvalue weighted by atomic mass is 9.85. The van der Waals surface area contributed by atoms with Gasteiger partial charge in [0.05, 0.1) is 19.3 Å². The smallest absolute Gasteiger partial charge is 0.327 e. The van der Waals surface area contributed by atoms with Crippen molar-refractivity contribution in [2.45, 2.75) is 44.8 Å². The van der Waals surface area contributed by atoms with E-state index in [-0.39, 0.29) is 18.5 Å². The second-order valence-corrected chi connectivity index (χ2v) is 9.24. The molecule has 2 aliphatic heterocycles. The predicted octanol–water partition coefficient (Wildman–Crippen LogP) is 2.57. The van der Waals surface area contributed by atoms with Gasteiger partial charge in [0.25, 0.3) is 5.91 Å². The van der Waals surface area contributed by atoms with Crippen molar-refractivity contribution in [1.29, 1.82) is 0 Å². The van der Waals surface area contributed by atoms with E-state index >= 15 is 0 Å². The number of amides is 3. The molecule has 1 aromatic carbocycles. The molecule has 3 heterocycles. The first-order chi connectivity index (χ1) is 16.4. The molecule has 3 amide bonds. The van der Waals surface area contributed by atoms with Gasteiger partial charge in [0.15, 0.2) is 0 Å². The molecule has 2 aromatic rings. The number of methoxy groups -OCH3 is 2. The van der Waals surface area contributed by atoms with Crippen LogP contribution >= 0.6 is 0 Å². The van der Waals surface area contributed by atoms with Crippen LogP contribution < -0.4 is 4.74 Å². The molecule has 9 nitrogen and oxygen atoms in total. The molecule has 1 spiro atoms. The maximum atomic E-state index is 13.8. The highest BCUT2D eigenvalue weighted by Crippen LogP contribution is 2.38. The minimum Gasteiger partial charge on any atom is -0.497 e. The third-order valence-corrected chi connectivity index (χ3v) is 7.04. The number of hydrogen-bond acceptors (Lipinski definition) is 6. The Bertz CT molecular complexity index is 1010. The van der Waals surface area contributed by atoms with Gasteiger partial charge in [-0.3, -0.25) is 19.3 Å². The third kappa shape index (κ3) is 4.67. The molecule has 1 aromatic heterocycles. The second-order valence-electron chi connectivity index (χ2n) is 9.24. The number of ether oxygens (including phenoxy) is 2. The molecule has 0 N–H and O–H groups in total. The molecule has 4 rings (SSSR count). The Hall–Kier alpha value is -2.91. The molecule has 0 aliphatic carbocycles. The maximum absolute atomic E-state index is 13.8. The van der Waals surface area contributed by atoms with Crippen molar-refractivity contribution in [2.24, 2.45) is 7.05 Å². The number of nitrogens with zero attached hydrogens (tertiary/aromatic N) is 5. The number of carbonyl (C=O) groups excluding carboxylic acids is 2. The molecule has 184 valence electrons. The van der Waals surface area contributed by atoms with Crippen LogP contribution in [-0.4, -0.2) is 82.4 Å². The van der Waals surface area contributed by atoms with E-state index in [1.54, 1.807) is 14.2 Å². The van der Waals surface area contributed by atoms with Gasteiger partial charge in [-0.25, -0.2) is 4.79 Å². The summed E-state index contributed by atoms with van der Waals surface area (Å²) in [5.41, 5.74) is 2.35. The van der Waals surface area contributed by atoms with E-state index in [1.165, 1.54) is 10.5 Å². The Morgan fingerprint density at radius 3 is 2.35 bits per heavy atom. The summed E-state index contributed by atoms with van der Waals surface area (Å²) in [7, 11) is 5.20. The van der Waals surface area contributed by atoms with Gasteiger partial charge in [-0.1, -0.05) is 12.1 Å². The van der Waals surface area contributed by atoms with Gasteiger partial charge in [-0.05, 0) is 43.9 Å². The van der Waals surface area contributed by atoms with Crippen LogP contribution in [0, 0.1) is 6.92 Å². The number of aromatic nitrogens is 2. The van der Waals surface area contributed by atoms with Crippen molar-refractivity contribution in [3.63, 3.8) is 0 Å². The zero-order valence-electron chi connectivity index (χ0n) is 20.6. The molecule has 0 unspecified atom stereocenters. The lowest BCUT2D eigenvalue weighted by molar-refractivity contribution is -0.136. The van der Waals surface area contributed by atoms with E-state index in [2.05, 4.69) is 16.2 Å². The van der Waals surface area contributed by atoms with Gasteiger partial charge in [-0.2, -0.15) is 5.10 Å². The third-order valence-electron chi connectivity index (χ3n) is 7.04. The SMILES string of the molecule is COCCCN1C(=O)N(Cc2ccc(OC)cc2)C(=O)C12CCN(Cc1cn(C)nc1C)CC2. The predicted molar refractivity (Wildman–Crippen MR) is 127 cm³/mol. The summed E-state index contributed by atoms with van der Waals surface area (Å²) in [5, 5.41) is 4.44. The van der Waals surface area contributed by atoms with Crippen molar-refractivity contribution in [3.8, 4) is 5.75 Å². The molecule has 0 bridgehead atoms. The molecule has 2 saturated heterocycles. The van der Waals surface area contributed by atoms with Gasteiger partial charge in [0.2, 0.25) is 0 Å². The van der Waals surface area contributed by atoms with Gasteiger partial charge >= 0.3 is 6.03 Å². The van der Waals surface area contributed by atoms with Gasteiger partial charge in [0, 0.05) is 58.7 Å². The fraction of sp³-hybridized carbons (Fsp3) is 0.560. The Balaban J connectivity index is 1.50. The Labute approximate surface area is 201 Å². The number of aryl methyl sites for hydroxylation is 2. The van der Waals surface area contributed by atoms with Crippen molar-refractivity contribution < 1.29 is 19.1 Å². The molecular formula is C25H35N5O4. The minimum atomic E-state index is -0.780. The first-order valence-electron chi connectivity index (χ1n) is 11.8. The van der Waals surface area contributed by atoms with Crippen LogP contribution in [0.4, 0.5) is 4.79 Å².